The number of rotatable bonds is 6. The van der Waals surface area contributed by atoms with Crippen LogP contribution in [0.15, 0.2) is 58.6 Å². The van der Waals surface area contributed by atoms with Crippen molar-refractivity contribution < 1.29 is 13.2 Å². The highest BCUT2D eigenvalue weighted by molar-refractivity contribution is 8.00. The molecule has 0 bridgehead atoms. The number of benzene rings is 2. The highest BCUT2D eigenvalue weighted by atomic mass is 32.2. The van der Waals surface area contributed by atoms with Crippen LogP contribution in [0.3, 0.4) is 0 Å². The Morgan fingerprint density at radius 3 is 2.52 bits per heavy atom. The minimum atomic E-state index is -3.45. The van der Waals surface area contributed by atoms with Gasteiger partial charge < -0.3 is 10.3 Å². The zero-order valence-corrected chi connectivity index (χ0v) is 17.6. The van der Waals surface area contributed by atoms with Gasteiger partial charge in [-0.25, -0.2) is 13.4 Å². The molecule has 1 aromatic heterocycles. The number of carbonyl (C=O) groups is 1. The fraction of sp³-hybridized carbons (Fsp3) is 0.300. The maximum absolute atomic E-state index is 12.6. The Kier molecular flexibility index (Phi) is 5.62. The third-order valence-corrected chi connectivity index (χ3v) is 7.75. The van der Waals surface area contributed by atoms with Crippen molar-refractivity contribution in [3.63, 3.8) is 0 Å². The topological polar surface area (TPSA) is 95.2 Å². The first-order valence-electron chi connectivity index (χ1n) is 9.46. The summed E-state index contributed by atoms with van der Waals surface area (Å²) in [6.07, 6.45) is 1.79. The van der Waals surface area contributed by atoms with Crippen molar-refractivity contribution in [2.24, 2.45) is 0 Å². The third-order valence-electron chi connectivity index (χ3n) is 4.85. The van der Waals surface area contributed by atoms with E-state index >= 15 is 0 Å². The number of H-pyrrole nitrogens is 1. The first-order valence-corrected chi connectivity index (χ1v) is 11.8. The van der Waals surface area contributed by atoms with Crippen LogP contribution in [0.25, 0.3) is 11.0 Å². The van der Waals surface area contributed by atoms with Crippen LogP contribution >= 0.6 is 11.8 Å². The number of nitrogens with zero attached hydrogens (tertiary/aromatic N) is 2. The van der Waals surface area contributed by atoms with E-state index in [4.69, 9.17) is 0 Å². The Morgan fingerprint density at radius 1 is 1.14 bits per heavy atom. The van der Waals surface area contributed by atoms with Crippen LogP contribution in [0.5, 0.6) is 0 Å². The number of fused-ring (bicyclic) bond motifs is 1. The van der Waals surface area contributed by atoms with Crippen molar-refractivity contribution in [1.29, 1.82) is 0 Å². The van der Waals surface area contributed by atoms with Crippen molar-refractivity contribution in [2.75, 3.05) is 18.4 Å². The largest absolute Gasteiger partial charge is 0.333 e. The quantitative estimate of drug-likeness (QED) is 0.584. The minimum Gasteiger partial charge on any atom is -0.333 e. The Balaban J connectivity index is 1.39. The summed E-state index contributed by atoms with van der Waals surface area (Å²) in [5, 5.41) is 3.14. The molecule has 0 radical (unpaired) electrons. The second kappa shape index (κ2) is 8.17. The Morgan fingerprint density at radius 2 is 1.83 bits per heavy atom. The second-order valence-electron chi connectivity index (χ2n) is 6.94. The summed E-state index contributed by atoms with van der Waals surface area (Å²) in [7, 11) is -3.45. The van der Waals surface area contributed by atoms with E-state index in [1.165, 1.54) is 16.1 Å². The fourth-order valence-corrected chi connectivity index (χ4v) is 5.58. The first-order chi connectivity index (χ1) is 13.9. The van der Waals surface area contributed by atoms with E-state index < -0.39 is 10.0 Å². The van der Waals surface area contributed by atoms with E-state index in [9.17, 15) is 13.2 Å². The zero-order chi connectivity index (χ0) is 20.4. The molecule has 152 valence electrons. The molecule has 1 saturated heterocycles. The van der Waals surface area contributed by atoms with E-state index in [1.54, 1.807) is 31.2 Å². The van der Waals surface area contributed by atoms with Gasteiger partial charge in [0.2, 0.25) is 15.9 Å². The van der Waals surface area contributed by atoms with Gasteiger partial charge in [-0.1, -0.05) is 23.9 Å². The van der Waals surface area contributed by atoms with Crippen molar-refractivity contribution in [1.82, 2.24) is 14.3 Å². The molecule has 4 rings (SSSR count). The SMILES string of the molecule is C[C@H](Sc1nc2ccccc2[nH]1)C(=O)Nc1ccc(S(=O)(=O)N2CCCC2)cc1. The molecule has 1 aliphatic heterocycles. The minimum absolute atomic E-state index is 0.175. The zero-order valence-electron chi connectivity index (χ0n) is 16.0. The number of anilines is 1. The molecule has 2 aromatic carbocycles. The standard InChI is InChI=1S/C20H22N4O3S2/c1-14(28-20-22-17-6-2-3-7-18(17)23-20)19(25)21-15-8-10-16(11-9-15)29(26,27)24-12-4-5-13-24/h2-3,6-11,14H,4-5,12-13H2,1H3,(H,21,25)(H,22,23)/t14-/m0/s1. The molecule has 0 saturated carbocycles. The molecule has 0 aliphatic carbocycles. The molecule has 1 amide bonds. The molecule has 0 spiro atoms. The van der Waals surface area contributed by atoms with Crippen LogP contribution in [0.4, 0.5) is 5.69 Å². The molecule has 0 unspecified atom stereocenters. The average molecular weight is 431 g/mol. The molecular formula is C20H22N4O3S2. The lowest BCUT2D eigenvalue weighted by Crippen LogP contribution is -2.27. The molecule has 1 atom stereocenters. The number of nitrogens with one attached hydrogen (secondary N) is 2. The lowest BCUT2D eigenvalue weighted by Gasteiger charge is -2.16. The molecule has 1 aliphatic rings. The number of carbonyl (C=O) groups excluding carboxylic acids is 1. The summed E-state index contributed by atoms with van der Waals surface area (Å²) < 4.78 is 26.7. The number of amides is 1. The summed E-state index contributed by atoms with van der Waals surface area (Å²) in [6.45, 7) is 2.94. The lowest BCUT2D eigenvalue weighted by molar-refractivity contribution is -0.115. The van der Waals surface area contributed by atoms with Gasteiger partial charge in [0.05, 0.1) is 21.2 Å². The van der Waals surface area contributed by atoms with Crippen LogP contribution in [0.2, 0.25) is 0 Å². The Labute approximate surface area is 174 Å². The van der Waals surface area contributed by atoms with Gasteiger partial charge in [0, 0.05) is 18.8 Å². The van der Waals surface area contributed by atoms with Crippen LogP contribution in [0.1, 0.15) is 19.8 Å². The predicted octanol–water partition coefficient (Wildman–Crippen LogP) is 3.47. The third kappa shape index (κ3) is 4.31. The van der Waals surface area contributed by atoms with Gasteiger partial charge in [0.25, 0.3) is 0 Å². The lowest BCUT2D eigenvalue weighted by atomic mass is 10.3. The monoisotopic (exact) mass is 430 g/mol. The maximum Gasteiger partial charge on any atom is 0.243 e. The molecule has 29 heavy (non-hydrogen) atoms. The first kappa shape index (κ1) is 19.9. The Hall–Kier alpha value is -2.36. The van der Waals surface area contributed by atoms with Crippen molar-refractivity contribution in [3.05, 3.63) is 48.5 Å². The number of sulfonamides is 1. The fourth-order valence-electron chi connectivity index (χ4n) is 3.24. The number of aromatic amines is 1. The van der Waals surface area contributed by atoms with Gasteiger partial charge in [-0.2, -0.15) is 4.31 Å². The van der Waals surface area contributed by atoms with Gasteiger partial charge in [-0.15, -0.1) is 0 Å². The summed E-state index contributed by atoms with van der Waals surface area (Å²) >= 11 is 1.34. The molecule has 9 heteroatoms. The summed E-state index contributed by atoms with van der Waals surface area (Å²) in [6, 6.07) is 14.0. The van der Waals surface area contributed by atoms with Gasteiger partial charge >= 0.3 is 0 Å². The highest BCUT2D eigenvalue weighted by Crippen LogP contribution is 2.25. The molecule has 2 heterocycles. The summed E-state index contributed by atoms with van der Waals surface area (Å²) in [5.74, 6) is -0.175. The van der Waals surface area contributed by atoms with Gasteiger partial charge in [0.1, 0.15) is 0 Å². The summed E-state index contributed by atoms with van der Waals surface area (Å²) in [5.41, 5.74) is 2.35. The van der Waals surface area contributed by atoms with Crippen LogP contribution in [0, 0.1) is 0 Å². The normalized spacial score (nSPS) is 16.2. The van der Waals surface area contributed by atoms with Crippen molar-refractivity contribution in [2.45, 2.75) is 35.1 Å². The van der Waals surface area contributed by atoms with Crippen molar-refractivity contribution >= 4 is 44.4 Å². The molecule has 2 N–H and O–H groups in total. The molecule has 1 fully saturated rings. The van der Waals surface area contributed by atoms with Gasteiger partial charge in [0.15, 0.2) is 5.16 Å². The number of hydrogen-bond donors (Lipinski definition) is 2. The van der Waals surface area contributed by atoms with Crippen LogP contribution in [-0.4, -0.2) is 46.9 Å². The highest BCUT2D eigenvalue weighted by Gasteiger charge is 2.27. The number of para-hydroxylation sites is 2. The number of hydrogen-bond acceptors (Lipinski definition) is 5. The van der Waals surface area contributed by atoms with Crippen molar-refractivity contribution in [3.8, 4) is 0 Å². The van der Waals surface area contributed by atoms with Crippen LogP contribution < -0.4 is 5.32 Å². The molecule has 3 aromatic rings. The molecule has 7 nitrogen and oxygen atoms in total. The molecular weight excluding hydrogens is 408 g/mol. The van der Waals surface area contributed by atoms with E-state index in [0.717, 1.165) is 23.9 Å². The second-order valence-corrected chi connectivity index (χ2v) is 10.2. The van der Waals surface area contributed by atoms with Gasteiger partial charge in [-0.05, 0) is 56.2 Å². The van der Waals surface area contributed by atoms with E-state index in [2.05, 4.69) is 15.3 Å². The average Bonchev–Trinajstić information content (AvgIpc) is 3.38. The number of aromatic nitrogens is 2. The number of imidazole rings is 1. The number of thioether (sulfide) groups is 1. The van der Waals surface area contributed by atoms with Crippen LogP contribution in [-0.2, 0) is 14.8 Å². The predicted molar refractivity (Wildman–Crippen MR) is 114 cm³/mol. The summed E-state index contributed by atoms with van der Waals surface area (Å²) in [4.78, 5) is 20.4. The Bertz CT molecular complexity index is 1090. The van der Waals surface area contributed by atoms with E-state index in [0.29, 0.717) is 23.9 Å². The van der Waals surface area contributed by atoms with E-state index in [1.807, 2.05) is 24.3 Å². The van der Waals surface area contributed by atoms with Gasteiger partial charge in [-0.3, -0.25) is 4.79 Å². The maximum atomic E-state index is 12.6. The smallest absolute Gasteiger partial charge is 0.243 e. The van der Waals surface area contributed by atoms with E-state index in [-0.39, 0.29) is 16.1 Å².